The Morgan fingerprint density at radius 2 is 2.43 bits per heavy atom. The zero-order chi connectivity index (χ0) is 5.33. The molecule has 0 spiro atoms. The average molecular weight is 115 g/mol. The molecular formula is C5H9NS. The third-order valence-corrected chi connectivity index (χ3v) is 2.04. The molecule has 0 amide bonds. The van der Waals surface area contributed by atoms with Crippen LogP contribution in [0.3, 0.4) is 0 Å². The molecule has 0 N–H and O–H groups in total. The summed E-state index contributed by atoms with van der Waals surface area (Å²) in [5, 5.41) is 0. The molecule has 1 nitrogen and oxygen atoms in total. The minimum atomic E-state index is 0.227. The number of rotatable bonds is 0. The molecule has 0 aliphatic carbocycles. The molecular weight excluding hydrogens is 106 g/mol. The fourth-order valence-electron chi connectivity index (χ4n) is 0.458. The Labute approximate surface area is 48.2 Å². The Kier molecular flexibility index (Phi) is 1.11. The third-order valence-electron chi connectivity index (χ3n) is 0.913. The van der Waals surface area contributed by atoms with Crippen LogP contribution in [0.4, 0.5) is 0 Å². The van der Waals surface area contributed by atoms with Gasteiger partial charge in [0.1, 0.15) is 0 Å². The summed E-state index contributed by atoms with van der Waals surface area (Å²) in [5.74, 6) is 1.15. The van der Waals surface area contributed by atoms with Crippen molar-refractivity contribution in [2.24, 2.45) is 4.99 Å². The van der Waals surface area contributed by atoms with E-state index in [2.05, 4.69) is 18.8 Å². The van der Waals surface area contributed by atoms with Gasteiger partial charge in [0.2, 0.25) is 0 Å². The van der Waals surface area contributed by atoms with E-state index in [1.807, 2.05) is 5.55 Å². The molecule has 1 aliphatic heterocycles. The Balaban J connectivity index is 2.57. The van der Waals surface area contributed by atoms with E-state index in [1.165, 1.54) is 0 Å². The van der Waals surface area contributed by atoms with Crippen LogP contribution in [0.15, 0.2) is 4.99 Å². The van der Waals surface area contributed by atoms with E-state index in [1.54, 1.807) is 11.8 Å². The van der Waals surface area contributed by atoms with Crippen molar-refractivity contribution >= 4 is 17.3 Å². The Hall–Kier alpha value is 0.0200. The summed E-state index contributed by atoms with van der Waals surface area (Å²) in [7, 11) is 0. The van der Waals surface area contributed by atoms with Crippen molar-refractivity contribution in [2.75, 3.05) is 5.75 Å². The van der Waals surface area contributed by atoms with E-state index in [9.17, 15) is 0 Å². The van der Waals surface area contributed by atoms with Gasteiger partial charge >= 0.3 is 0 Å². The Morgan fingerprint density at radius 1 is 1.71 bits per heavy atom. The van der Waals surface area contributed by atoms with Gasteiger partial charge in [-0.3, -0.25) is 4.99 Å². The first-order valence-electron chi connectivity index (χ1n) is 2.36. The fourth-order valence-corrected chi connectivity index (χ4v) is 1.38. The van der Waals surface area contributed by atoms with Gasteiger partial charge in [-0.15, -0.1) is 11.8 Å². The molecule has 2 heteroatoms. The van der Waals surface area contributed by atoms with E-state index in [4.69, 9.17) is 0 Å². The summed E-state index contributed by atoms with van der Waals surface area (Å²) in [6.45, 7) is 4.28. The van der Waals surface area contributed by atoms with Crippen molar-refractivity contribution in [1.82, 2.24) is 0 Å². The highest BCUT2D eigenvalue weighted by Gasteiger charge is 2.18. The predicted octanol–water partition coefficient (Wildman–Crippen LogP) is 1.54. The second kappa shape index (κ2) is 1.51. The largest absolute Gasteiger partial charge is 0.279 e. The van der Waals surface area contributed by atoms with Crippen LogP contribution in [-0.2, 0) is 0 Å². The van der Waals surface area contributed by atoms with E-state index < -0.39 is 0 Å². The van der Waals surface area contributed by atoms with Crippen molar-refractivity contribution in [2.45, 2.75) is 19.4 Å². The third kappa shape index (κ3) is 1.20. The van der Waals surface area contributed by atoms with Crippen LogP contribution in [-0.4, -0.2) is 16.8 Å². The molecule has 0 bridgehead atoms. The summed E-state index contributed by atoms with van der Waals surface area (Å²) in [6, 6.07) is 0. The van der Waals surface area contributed by atoms with Gasteiger partial charge in [-0.25, -0.2) is 0 Å². The smallest absolute Gasteiger partial charge is 0.0652 e. The minimum Gasteiger partial charge on any atom is -0.279 e. The molecule has 1 heterocycles. The van der Waals surface area contributed by atoms with E-state index in [0.717, 1.165) is 5.75 Å². The molecule has 40 valence electrons. The zero-order valence-corrected chi connectivity index (χ0v) is 5.46. The van der Waals surface area contributed by atoms with E-state index in [0.29, 0.717) is 0 Å². The van der Waals surface area contributed by atoms with Crippen LogP contribution in [0, 0.1) is 0 Å². The highest BCUT2D eigenvalue weighted by atomic mass is 32.2. The standard InChI is InChI=1S/C5H9NS/c1-5(2)3-7-4-6-5/h4H,3H2,1-2H3. The molecule has 7 heavy (non-hydrogen) atoms. The van der Waals surface area contributed by atoms with Gasteiger partial charge in [-0.2, -0.15) is 0 Å². The Bertz CT molecular complexity index is 96.3. The summed E-state index contributed by atoms with van der Waals surface area (Å²) >= 11 is 1.79. The van der Waals surface area contributed by atoms with Crippen molar-refractivity contribution in [3.8, 4) is 0 Å². The van der Waals surface area contributed by atoms with Gasteiger partial charge in [0, 0.05) is 5.75 Å². The van der Waals surface area contributed by atoms with Crippen molar-refractivity contribution < 1.29 is 0 Å². The molecule has 0 saturated carbocycles. The first kappa shape index (κ1) is 5.16. The van der Waals surface area contributed by atoms with Gasteiger partial charge in [0.05, 0.1) is 11.1 Å². The SMILES string of the molecule is CC1(C)CSC=N1. The molecule has 1 aliphatic rings. The first-order chi connectivity index (χ1) is 3.21. The first-order valence-corrected chi connectivity index (χ1v) is 3.41. The molecule has 1 rings (SSSR count). The van der Waals surface area contributed by atoms with Crippen LogP contribution < -0.4 is 0 Å². The molecule has 0 aromatic carbocycles. The van der Waals surface area contributed by atoms with Crippen LogP contribution in [0.25, 0.3) is 0 Å². The lowest BCUT2D eigenvalue weighted by Gasteiger charge is -2.09. The average Bonchev–Trinajstić information content (AvgIpc) is 1.84. The molecule has 0 aromatic rings. The second-order valence-corrected chi connectivity index (χ2v) is 3.19. The van der Waals surface area contributed by atoms with E-state index in [-0.39, 0.29) is 5.54 Å². The van der Waals surface area contributed by atoms with E-state index >= 15 is 0 Å². The van der Waals surface area contributed by atoms with Crippen LogP contribution >= 0.6 is 11.8 Å². The van der Waals surface area contributed by atoms with Gasteiger partial charge < -0.3 is 0 Å². The van der Waals surface area contributed by atoms with Crippen LogP contribution in [0.5, 0.6) is 0 Å². The lowest BCUT2D eigenvalue weighted by molar-refractivity contribution is 0.606. The maximum absolute atomic E-state index is 4.21. The van der Waals surface area contributed by atoms with Crippen molar-refractivity contribution in [3.05, 3.63) is 0 Å². The van der Waals surface area contributed by atoms with Crippen LogP contribution in [0.1, 0.15) is 13.8 Å². The van der Waals surface area contributed by atoms with Gasteiger partial charge in [0.15, 0.2) is 0 Å². The highest BCUT2D eigenvalue weighted by molar-refractivity contribution is 8.12. The molecule has 0 fully saturated rings. The molecule has 0 unspecified atom stereocenters. The fraction of sp³-hybridized carbons (Fsp3) is 0.800. The highest BCUT2D eigenvalue weighted by Crippen LogP contribution is 2.21. The Morgan fingerprint density at radius 3 is 2.57 bits per heavy atom. The number of nitrogens with zero attached hydrogens (tertiary/aromatic N) is 1. The van der Waals surface area contributed by atoms with Gasteiger partial charge in [0.25, 0.3) is 0 Å². The maximum atomic E-state index is 4.21. The predicted molar refractivity (Wildman–Crippen MR) is 35.0 cm³/mol. The monoisotopic (exact) mass is 115 g/mol. The number of aliphatic imine (C=N–C) groups is 1. The van der Waals surface area contributed by atoms with Crippen molar-refractivity contribution in [3.63, 3.8) is 0 Å². The summed E-state index contributed by atoms with van der Waals surface area (Å²) < 4.78 is 0. The van der Waals surface area contributed by atoms with Gasteiger partial charge in [-0.1, -0.05) is 0 Å². The van der Waals surface area contributed by atoms with Crippen LogP contribution in [0.2, 0.25) is 0 Å². The number of thioether (sulfide) groups is 1. The quantitative estimate of drug-likeness (QED) is 0.466. The summed E-state index contributed by atoms with van der Waals surface area (Å²) in [5.41, 5.74) is 2.16. The molecule has 0 aromatic heterocycles. The molecule has 0 atom stereocenters. The maximum Gasteiger partial charge on any atom is 0.0652 e. The number of hydrogen-bond donors (Lipinski definition) is 0. The minimum absolute atomic E-state index is 0.227. The summed E-state index contributed by atoms with van der Waals surface area (Å²) in [4.78, 5) is 4.21. The van der Waals surface area contributed by atoms with Crippen molar-refractivity contribution in [1.29, 1.82) is 0 Å². The zero-order valence-electron chi connectivity index (χ0n) is 4.64. The lowest BCUT2D eigenvalue weighted by atomic mass is 10.1. The lowest BCUT2D eigenvalue weighted by Crippen LogP contribution is -2.14. The number of hydrogen-bond acceptors (Lipinski definition) is 2. The normalized spacial score (nSPS) is 26.0. The molecule has 0 saturated heterocycles. The second-order valence-electron chi connectivity index (χ2n) is 2.36. The molecule has 0 radical (unpaired) electrons. The topological polar surface area (TPSA) is 12.4 Å². The van der Waals surface area contributed by atoms with Gasteiger partial charge in [-0.05, 0) is 13.8 Å². The summed E-state index contributed by atoms with van der Waals surface area (Å²) in [6.07, 6.45) is 0.